The van der Waals surface area contributed by atoms with E-state index in [0.717, 1.165) is 13.0 Å². The molecule has 2 heteroatoms. The summed E-state index contributed by atoms with van der Waals surface area (Å²) in [6, 6.07) is 8.95. The van der Waals surface area contributed by atoms with E-state index >= 15 is 0 Å². The monoisotopic (exact) mass is 289 g/mol. The summed E-state index contributed by atoms with van der Waals surface area (Å²) in [6.07, 6.45) is 11.8. The van der Waals surface area contributed by atoms with Gasteiger partial charge in [-0.25, -0.2) is 4.99 Å². The zero-order valence-electron chi connectivity index (χ0n) is 12.7. The zero-order chi connectivity index (χ0) is 14.5. The van der Waals surface area contributed by atoms with Crippen LogP contribution in [0, 0.1) is 6.92 Å². The second-order valence-electron chi connectivity index (χ2n) is 5.54. The van der Waals surface area contributed by atoms with Gasteiger partial charge in [-0.15, -0.1) is 0 Å². The van der Waals surface area contributed by atoms with Crippen molar-refractivity contribution in [1.82, 2.24) is 0 Å². The number of nitrogens with zero attached hydrogens (tertiary/aromatic N) is 1. The molecule has 0 radical (unpaired) electrons. The normalized spacial score (nSPS) is 10.2. The maximum absolute atomic E-state index is 4.54. The molecule has 0 saturated carbocycles. The number of hydrogen-bond donors (Lipinski definition) is 0. The van der Waals surface area contributed by atoms with E-state index in [4.69, 9.17) is 0 Å². The number of hydrogen-bond acceptors (Lipinski definition) is 2. The Morgan fingerprint density at radius 1 is 0.850 bits per heavy atom. The highest BCUT2D eigenvalue weighted by Gasteiger charge is 1.95. The molecule has 1 aromatic carbocycles. The molecular weight excluding hydrogens is 262 g/mol. The number of rotatable bonds is 11. The van der Waals surface area contributed by atoms with Gasteiger partial charge in [0.05, 0.1) is 5.16 Å². The molecule has 0 atom stereocenters. The number of thiocarbonyl (C=S) groups is 1. The summed E-state index contributed by atoms with van der Waals surface area (Å²) in [7, 11) is 0. The Labute approximate surface area is 129 Å². The molecule has 0 saturated heterocycles. The standard InChI is InChI=1S/C18H27NS/c1-17-11-13-18(14-12-17)10-8-6-4-2-3-5-7-9-15-19-16-20/h11-14H,2-10,15H2,1H3. The smallest absolute Gasteiger partial charge is 0.0584 e. The molecule has 0 aliphatic rings. The van der Waals surface area contributed by atoms with E-state index in [9.17, 15) is 0 Å². The third kappa shape index (κ3) is 9.01. The first-order chi connectivity index (χ1) is 9.83. The van der Waals surface area contributed by atoms with Crippen LogP contribution in [0.1, 0.15) is 62.5 Å². The van der Waals surface area contributed by atoms with Gasteiger partial charge in [0.2, 0.25) is 0 Å². The quantitative estimate of drug-likeness (QED) is 0.286. The first-order valence-corrected chi connectivity index (χ1v) is 8.33. The molecule has 110 valence electrons. The van der Waals surface area contributed by atoms with Crippen molar-refractivity contribution in [2.75, 3.05) is 6.54 Å². The second-order valence-corrected chi connectivity index (χ2v) is 5.72. The Balaban J connectivity index is 1.87. The SMILES string of the molecule is Cc1ccc(CCCCCCCCCCN=C=S)cc1. The fourth-order valence-corrected chi connectivity index (χ4v) is 2.47. The van der Waals surface area contributed by atoms with Gasteiger partial charge in [0.15, 0.2) is 0 Å². The van der Waals surface area contributed by atoms with Gasteiger partial charge < -0.3 is 0 Å². The zero-order valence-corrected chi connectivity index (χ0v) is 13.6. The molecule has 0 aliphatic carbocycles. The first-order valence-electron chi connectivity index (χ1n) is 7.92. The van der Waals surface area contributed by atoms with Crippen LogP contribution >= 0.6 is 12.2 Å². The van der Waals surface area contributed by atoms with E-state index in [-0.39, 0.29) is 0 Å². The molecule has 1 aromatic rings. The van der Waals surface area contributed by atoms with Crippen LogP contribution in [0.2, 0.25) is 0 Å². The molecule has 0 aliphatic heterocycles. The molecule has 1 nitrogen and oxygen atoms in total. The van der Waals surface area contributed by atoms with Crippen LogP contribution in [-0.2, 0) is 6.42 Å². The minimum absolute atomic E-state index is 0.861. The van der Waals surface area contributed by atoms with Crippen LogP contribution in [0.5, 0.6) is 0 Å². The average Bonchev–Trinajstić information content (AvgIpc) is 2.47. The Hall–Kier alpha value is -0.980. The highest BCUT2D eigenvalue weighted by molar-refractivity contribution is 7.78. The van der Waals surface area contributed by atoms with E-state index in [2.05, 4.69) is 53.6 Å². The minimum atomic E-state index is 0.861. The molecule has 1 rings (SSSR count). The third-order valence-corrected chi connectivity index (χ3v) is 3.80. The lowest BCUT2D eigenvalue weighted by Gasteiger charge is -2.03. The molecule has 0 amide bonds. The molecule has 20 heavy (non-hydrogen) atoms. The van der Waals surface area contributed by atoms with Crippen molar-refractivity contribution in [3.05, 3.63) is 35.4 Å². The number of aryl methyl sites for hydroxylation is 2. The third-order valence-electron chi connectivity index (χ3n) is 3.67. The minimum Gasteiger partial charge on any atom is -0.233 e. The van der Waals surface area contributed by atoms with E-state index in [0.29, 0.717) is 0 Å². The highest BCUT2D eigenvalue weighted by Crippen LogP contribution is 2.12. The van der Waals surface area contributed by atoms with Gasteiger partial charge in [-0.2, -0.15) is 0 Å². The molecule has 0 bridgehead atoms. The summed E-state index contributed by atoms with van der Waals surface area (Å²) in [5.41, 5.74) is 2.83. The van der Waals surface area contributed by atoms with E-state index in [1.807, 2.05) is 0 Å². The van der Waals surface area contributed by atoms with Crippen molar-refractivity contribution in [3.63, 3.8) is 0 Å². The van der Waals surface area contributed by atoms with Crippen LogP contribution in [0.15, 0.2) is 29.3 Å². The van der Waals surface area contributed by atoms with Crippen molar-refractivity contribution < 1.29 is 0 Å². The van der Waals surface area contributed by atoms with Crippen LogP contribution < -0.4 is 0 Å². The summed E-state index contributed by atoms with van der Waals surface area (Å²) in [4.78, 5) is 3.93. The molecular formula is C18H27NS. The number of aliphatic imine (C=N–C) groups is 1. The van der Waals surface area contributed by atoms with Crippen molar-refractivity contribution in [2.45, 2.75) is 64.7 Å². The predicted molar refractivity (Wildman–Crippen MR) is 91.7 cm³/mol. The number of benzene rings is 1. The second kappa shape index (κ2) is 11.8. The van der Waals surface area contributed by atoms with Gasteiger partial charge in [-0.3, -0.25) is 0 Å². The summed E-state index contributed by atoms with van der Waals surface area (Å²) in [5.74, 6) is 0. The maximum atomic E-state index is 4.54. The average molecular weight is 289 g/mol. The molecule has 0 unspecified atom stereocenters. The highest BCUT2D eigenvalue weighted by atomic mass is 32.1. The van der Waals surface area contributed by atoms with Gasteiger partial charge in [-0.1, -0.05) is 68.4 Å². The maximum Gasteiger partial charge on any atom is 0.0584 e. The lowest BCUT2D eigenvalue weighted by molar-refractivity contribution is 0.570. The summed E-state index contributed by atoms with van der Waals surface area (Å²) >= 11 is 4.54. The van der Waals surface area contributed by atoms with E-state index in [1.165, 1.54) is 62.5 Å². The molecule has 0 aromatic heterocycles. The summed E-state index contributed by atoms with van der Waals surface area (Å²) in [5, 5.41) is 2.42. The summed E-state index contributed by atoms with van der Waals surface area (Å²) in [6.45, 7) is 3.01. The predicted octanol–water partition coefficient (Wildman–Crippen LogP) is 5.76. The summed E-state index contributed by atoms with van der Waals surface area (Å²) < 4.78 is 0. The Morgan fingerprint density at radius 2 is 1.40 bits per heavy atom. The van der Waals surface area contributed by atoms with E-state index < -0.39 is 0 Å². The number of unbranched alkanes of at least 4 members (excludes halogenated alkanes) is 7. The van der Waals surface area contributed by atoms with Crippen molar-refractivity contribution >= 4 is 17.4 Å². The van der Waals surface area contributed by atoms with Crippen LogP contribution in [0.3, 0.4) is 0 Å². The fraction of sp³-hybridized carbons (Fsp3) is 0.611. The van der Waals surface area contributed by atoms with Crippen LogP contribution in [-0.4, -0.2) is 11.7 Å². The number of isothiocyanates is 1. The molecule has 0 heterocycles. The van der Waals surface area contributed by atoms with Gasteiger partial charge in [-0.05, 0) is 44.0 Å². The topological polar surface area (TPSA) is 12.4 Å². The fourth-order valence-electron chi connectivity index (χ4n) is 2.38. The first kappa shape index (κ1) is 17.1. The Morgan fingerprint density at radius 3 is 2.00 bits per heavy atom. The van der Waals surface area contributed by atoms with Crippen LogP contribution in [0.4, 0.5) is 0 Å². The largest absolute Gasteiger partial charge is 0.233 e. The van der Waals surface area contributed by atoms with Gasteiger partial charge in [0, 0.05) is 6.54 Å². The lowest BCUT2D eigenvalue weighted by Crippen LogP contribution is -1.87. The molecule has 0 fully saturated rings. The van der Waals surface area contributed by atoms with Crippen molar-refractivity contribution in [1.29, 1.82) is 0 Å². The molecule has 0 N–H and O–H groups in total. The van der Waals surface area contributed by atoms with Crippen LogP contribution in [0.25, 0.3) is 0 Å². The van der Waals surface area contributed by atoms with Gasteiger partial charge in [0.25, 0.3) is 0 Å². The van der Waals surface area contributed by atoms with E-state index in [1.54, 1.807) is 0 Å². The van der Waals surface area contributed by atoms with Gasteiger partial charge in [0.1, 0.15) is 0 Å². The molecule has 0 spiro atoms. The van der Waals surface area contributed by atoms with Crippen molar-refractivity contribution in [2.24, 2.45) is 4.99 Å². The Kier molecular flexibility index (Phi) is 10.1. The van der Waals surface area contributed by atoms with Gasteiger partial charge >= 0.3 is 0 Å². The van der Waals surface area contributed by atoms with Crippen molar-refractivity contribution in [3.8, 4) is 0 Å². The lowest BCUT2D eigenvalue weighted by atomic mass is 10.0. The Bertz CT molecular complexity index is 390.